The van der Waals surface area contributed by atoms with Gasteiger partial charge in [-0.25, -0.2) is 14.4 Å². The highest BCUT2D eigenvalue weighted by Crippen LogP contribution is 2.50. The average Bonchev–Trinajstić information content (AvgIpc) is 0.815. The molecule has 0 bridgehead atoms. The molecule has 0 radical (unpaired) electrons. The summed E-state index contributed by atoms with van der Waals surface area (Å²) in [6, 6.07) is 81.2. The fraction of sp³-hybridized carbons (Fsp3) is 0.432. The van der Waals surface area contributed by atoms with Gasteiger partial charge >= 0.3 is 18.5 Å². The Labute approximate surface area is 766 Å². The van der Waals surface area contributed by atoms with Crippen LogP contribution in [0.5, 0.6) is 51.7 Å². The van der Waals surface area contributed by atoms with E-state index in [2.05, 4.69) is 154 Å². The molecule has 0 aliphatic carbocycles. The Bertz CT molecular complexity index is 5000. The van der Waals surface area contributed by atoms with E-state index in [1.165, 1.54) is 0 Å². The van der Waals surface area contributed by atoms with Crippen molar-refractivity contribution in [2.75, 3.05) is 19.8 Å². The number of carbonyl (C=O) groups excluding carboxylic acids is 3. The Hall–Kier alpha value is -11.3. The van der Waals surface area contributed by atoms with Crippen LogP contribution >= 0.6 is 0 Å². The van der Waals surface area contributed by atoms with E-state index in [4.69, 9.17) is 56.8 Å². The van der Waals surface area contributed by atoms with Crippen LogP contribution in [-0.4, -0.2) is 89.3 Å². The smallest absolute Gasteiger partial charge is 0.508 e. The minimum Gasteiger partial charge on any atom is -0.508 e. The van der Waals surface area contributed by atoms with Crippen molar-refractivity contribution < 1.29 is 86.5 Å². The highest BCUT2D eigenvalue weighted by atomic mass is 16.7. The van der Waals surface area contributed by atoms with Crippen LogP contribution in [-0.2, 0) is 34.8 Å². The predicted octanol–water partition coefficient (Wildman–Crippen LogP) is 28.7. The number of phenols is 3. The molecule has 0 aliphatic rings. The maximum Gasteiger partial charge on any atom is 0.514 e. The number of ether oxygens (including phenoxy) is 12. The lowest BCUT2D eigenvalue weighted by Gasteiger charge is -2.33. The summed E-state index contributed by atoms with van der Waals surface area (Å²) in [4.78, 5) is 39.1. The van der Waals surface area contributed by atoms with Crippen molar-refractivity contribution >= 4 is 18.5 Å². The maximum atomic E-state index is 13.2. The summed E-state index contributed by atoms with van der Waals surface area (Å²) in [7, 11) is 0. The van der Waals surface area contributed by atoms with Gasteiger partial charge in [0.15, 0.2) is 18.9 Å². The Kier molecular flexibility index (Phi) is 37.0. The molecule has 0 saturated carbocycles. The van der Waals surface area contributed by atoms with E-state index in [0.29, 0.717) is 86.4 Å². The van der Waals surface area contributed by atoms with E-state index in [0.717, 1.165) is 99.7 Å². The number of aromatic hydroxyl groups is 3. The van der Waals surface area contributed by atoms with Crippen LogP contribution in [0.3, 0.4) is 0 Å². The van der Waals surface area contributed by atoms with Crippen LogP contribution in [0.1, 0.15) is 309 Å². The molecule has 0 fully saturated rings. The van der Waals surface area contributed by atoms with E-state index in [-0.39, 0.29) is 76.4 Å². The third kappa shape index (κ3) is 32.7. The van der Waals surface area contributed by atoms with Crippen LogP contribution in [0, 0.1) is 0 Å². The molecule has 10 rings (SSSR count). The van der Waals surface area contributed by atoms with Crippen LogP contribution in [0.4, 0.5) is 14.4 Å². The summed E-state index contributed by atoms with van der Waals surface area (Å²) in [5.41, 5.74) is 10.0. The number of benzene rings is 10. The molecule has 3 N–H and O–H groups in total. The molecular weight excluding hydrogens is 1620 g/mol. The second kappa shape index (κ2) is 47.8. The Balaban J connectivity index is 1.11. The second-order valence-corrected chi connectivity index (χ2v) is 37.1. The Morgan fingerprint density at radius 3 is 0.705 bits per heavy atom. The third-order valence-electron chi connectivity index (χ3n) is 23.7. The number of phenolic OH excluding ortho intramolecular Hbond substituents is 3. The topological polar surface area (TPSA) is 223 Å². The molecule has 0 spiro atoms. The summed E-state index contributed by atoms with van der Waals surface area (Å²) in [6.45, 7) is 36.0. The minimum atomic E-state index is -0.791. The van der Waals surface area contributed by atoms with Crippen LogP contribution in [0.15, 0.2) is 243 Å². The van der Waals surface area contributed by atoms with E-state index in [1.807, 2.05) is 135 Å². The average molecular weight is 1760 g/mol. The Morgan fingerprint density at radius 1 is 0.256 bits per heavy atom. The lowest BCUT2D eigenvalue weighted by Crippen LogP contribution is -2.26. The Morgan fingerprint density at radius 2 is 0.457 bits per heavy atom. The first-order valence-corrected chi connectivity index (χ1v) is 46.2. The first kappa shape index (κ1) is 99.8. The van der Waals surface area contributed by atoms with Gasteiger partial charge in [0, 0.05) is 19.8 Å². The molecular formula is C111H138O18. The summed E-state index contributed by atoms with van der Waals surface area (Å²) < 4.78 is 70.4. The lowest BCUT2D eigenvalue weighted by molar-refractivity contribution is -0.0616. The molecule has 0 saturated heterocycles. The number of hydrogen-bond acceptors (Lipinski definition) is 18. The molecule has 0 aliphatic heterocycles. The van der Waals surface area contributed by atoms with Crippen molar-refractivity contribution in [1.82, 2.24) is 0 Å². The number of rotatable bonds is 45. The van der Waals surface area contributed by atoms with Gasteiger partial charge < -0.3 is 72.2 Å². The fourth-order valence-corrected chi connectivity index (χ4v) is 17.5. The molecule has 0 heterocycles. The monoisotopic (exact) mass is 1760 g/mol. The van der Waals surface area contributed by atoms with E-state index >= 15 is 0 Å². The molecule has 13 atom stereocenters. The van der Waals surface area contributed by atoms with Gasteiger partial charge in [-0.3, -0.25) is 0 Å². The SMILES string of the molecule is CCOC(C)Oc1ccc(C(CC(CC)c2ccc(OC(=O)OC(C)(C)C)cc2)CC(Cc2ccc(C(CC(CC(CC(C)c3ccc(O)cc3)c3ccc(OC(=O)OC(C)(C)C)cc3)c3ccc(OC(C)OCC)cc3)CC(CC(CC(CC)c3ccc(OC(=O)OC(C)(C)C)cc3)c3ccc(OC(C)OCC)cc3)c3ccc(O)cc3)cc2)c2ccc(O)cc2)cc1. The van der Waals surface area contributed by atoms with Crippen molar-refractivity contribution in [3.05, 3.63) is 304 Å². The largest absolute Gasteiger partial charge is 0.514 e. The zero-order chi connectivity index (χ0) is 93.0. The molecule has 129 heavy (non-hydrogen) atoms. The van der Waals surface area contributed by atoms with Gasteiger partial charge in [-0.05, 0) is 404 Å². The van der Waals surface area contributed by atoms with Gasteiger partial charge in [-0.2, -0.15) is 0 Å². The first-order chi connectivity index (χ1) is 61.5. The predicted molar refractivity (Wildman–Crippen MR) is 509 cm³/mol. The van der Waals surface area contributed by atoms with E-state index in [9.17, 15) is 29.7 Å². The normalized spacial score (nSPS) is 14.9. The van der Waals surface area contributed by atoms with Crippen LogP contribution < -0.4 is 28.4 Å². The van der Waals surface area contributed by atoms with E-state index in [1.54, 1.807) is 77.9 Å². The molecule has 18 nitrogen and oxygen atoms in total. The minimum absolute atomic E-state index is 0.0186. The van der Waals surface area contributed by atoms with Crippen molar-refractivity contribution in [2.24, 2.45) is 0 Å². The van der Waals surface area contributed by atoms with Gasteiger partial charge in [-0.15, -0.1) is 0 Å². The first-order valence-electron chi connectivity index (χ1n) is 46.2. The van der Waals surface area contributed by atoms with E-state index < -0.39 is 54.1 Å². The molecule has 18 heteroatoms. The number of hydrogen-bond donors (Lipinski definition) is 3. The highest BCUT2D eigenvalue weighted by Gasteiger charge is 2.34. The summed E-state index contributed by atoms with van der Waals surface area (Å²) in [5, 5.41) is 32.9. The highest BCUT2D eigenvalue weighted by molar-refractivity contribution is 5.65. The van der Waals surface area contributed by atoms with Gasteiger partial charge in [0.25, 0.3) is 0 Å². The molecule has 0 aromatic heterocycles. The van der Waals surface area contributed by atoms with Crippen molar-refractivity contribution in [3.63, 3.8) is 0 Å². The molecule has 10 aromatic carbocycles. The second-order valence-electron chi connectivity index (χ2n) is 37.1. The van der Waals surface area contributed by atoms with Gasteiger partial charge in [0.2, 0.25) is 0 Å². The van der Waals surface area contributed by atoms with Crippen LogP contribution in [0.2, 0.25) is 0 Å². The quantitative estimate of drug-likeness (QED) is 0.0140. The fourth-order valence-electron chi connectivity index (χ4n) is 17.5. The molecule has 690 valence electrons. The van der Waals surface area contributed by atoms with Crippen molar-refractivity contribution in [1.29, 1.82) is 0 Å². The number of carbonyl (C=O) groups is 3. The molecule has 10 aromatic rings. The van der Waals surface area contributed by atoms with Gasteiger partial charge in [0.1, 0.15) is 68.5 Å². The zero-order valence-corrected chi connectivity index (χ0v) is 79.0. The van der Waals surface area contributed by atoms with Crippen molar-refractivity contribution in [2.45, 2.75) is 290 Å². The van der Waals surface area contributed by atoms with Crippen LogP contribution in [0.25, 0.3) is 0 Å². The summed E-state index contributed by atoms with van der Waals surface area (Å²) >= 11 is 0. The molecule has 0 amide bonds. The lowest BCUT2D eigenvalue weighted by atomic mass is 9.71. The standard InChI is InChI=1S/C111H138O18/c1-19-78(81-34-58-103(59-35-81)124-106(115)127-109(10,11)12)66-92(87-38-52-100(53-39-87)121-74(7)118-21-3)69-91(84-30-48-98(113)49-31-84)65-77-24-26-83(27-25-77)95(71-94(89-42-56-102(57-43-89)123-76(9)120-23-5)68-90(64-73(6)80-28-46-97(112)47-29-80)86-44-62-105(63-45-86)126-108(117)129-111(16,17)18)72-96(85-32-50-99(114)51-33-85)70-93(88-40-54-101(55-41-88)122-75(8)119-22-4)67-79(20-2)82-36-60-104(61-37-82)125-107(116)128-110(13,14)15/h24-63,73-76,78-79,90-96,112-114H,19-23,64-72H2,1-18H3. The zero-order valence-electron chi connectivity index (χ0n) is 79.0. The third-order valence-corrected chi connectivity index (χ3v) is 23.7. The van der Waals surface area contributed by atoms with Gasteiger partial charge in [-0.1, -0.05) is 154 Å². The van der Waals surface area contributed by atoms with Gasteiger partial charge in [0.05, 0.1) is 0 Å². The molecule has 13 unspecified atom stereocenters. The maximum absolute atomic E-state index is 13.2. The summed E-state index contributed by atoms with van der Waals surface area (Å²) in [5.74, 6) is 3.45. The van der Waals surface area contributed by atoms with Crippen molar-refractivity contribution in [3.8, 4) is 51.7 Å². The summed E-state index contributed by atoms with van der Waals surface area (Å²) in [6.07, 6.45) is 4.36.